The zero-order valence-electron chi connectivity index (χ0n) is 13.0. The number of likely N-dealkylation sites (N-methyl/N-ethyl adjacent to an activating group) is 1. The lowest BCUT2D eigenvalue weighted by atomic mass is 9.98. The number of hydrogen-bond donors (Lipinski definition) is 1. The molecule has 4 nitrogen and oxygen atoms in total. The lowest BCUT2D eigenvalue weighted by molar-refractivity contribution is 0.230. The number of nitrogens with two attached hydrogens (primary N) is 1. The van der Waals surface area contributed by atoms with E-state index in [1.165, 1.54) is 0 Å². The number of rotatable bonds is 6. The van der Waals surface area contributed by atoms with Gasteiger partial charge in [0.15, 0.2) is 0 Å². The van der Waals surface area contributed by atoms with E-state index in [0.29, 0.717) is 6.54 Å². The van der Waals surface area contributed by atoms with Crippen molar-refractivity contribution in [1.82, 2.24) is 4.31 Å². The Hall–Kier alpha value is -0.910. The van der Waals surface area contributed by atoms with E-state index >= 15 is 0 Å². The molecule has 1 saturated carbocycles. The van der Waals surface area contributed by atoms with Crippen molar-refractivity contribution in [2.75, 3.05) is 19.3 Å². The van der Waals surface area contributed by atoms with Gasteiger partial charge in [-0.05, 0) is 24.3 Å². The fourth-order valence-corrected chi connectivity index (χ4v) is 5.18. The Morgan fingerprint density at radius 1 is 1.24 bits per heavy atom. The van der Waals surface area contributed by atoms with E-state index in [1.54, 1.807) is 11.4 Å². The van der Waals surface area contributed by atoms with Crippen molar-refractivity contribution in [3.8, 4) is 0 Å². The summed E-state index contributed by atoms with van der Waals surface area (Å²) in [6.07, 6.45) is 3.87. The minimum Gasteiger partial charge on any atom is -0.329 e. The van der Waals surface area contributed by atoms with E-state index in [4.69, 9.17) is 5.73 Å². The van der Waals surface area contributed by atoms with Crippen molar-refractivity contribution in [3.63, 3.8) is 0 Å². The Morgan fingerprint density at radius 2 is 1.81 bits per heavy atom. The second kappa shape index (κ2) is 6.46. The molecule has 0 aliphatic heterocycles. The molecule has 21 heavy (non-hydrogen) atoms. The normalized spacial score (nSPS) is 19.8. The van der Waals surface area contributed by atoms with Crippen LogP contribution in [0.2, 0.25) is 0 Å². The average molecular weight is 310 g/mol. The first-order chi connectivity index (χ1) is 9.91. The highest BCUT2D eigenvalue weighted by Crippen LogP contribution is 2.36. The summed E-state index contributed by atoms with van der Waals surface area (Å²) in [6.45, 7) is 2.37. The molecule has 5 heteroatoms. The minimum atomic E-state index is -3.31. The van der Waals surface area contributed by atoms with Crippen molar-refractivity contribution in [1.29, 1.82) is 0 Å². The van der Waals surface area contributed by atoms with E-state index in [1.807, 2.05) is 37.3 Å². The smallest absolute Gasteiger partial charge is 0.214 e. The van der Waals surface area contributed by atoms with Gasteiger partial charge in [0.25, 0.3) is 0 Å². The Morgan fingerprint density at radius 3 is 2.33 bits per heavy atom. The largest absolute Gasteiger partial charge is 0.329 e. The Balaban J connectivity index is 2.14. The minimum absolute atomic E-state index is 0.0186. The van der Waals surface area contributed by atoms with Gasteiger partial charge in [-0.25, -0.2) is 8.42 Å². The summed E-state index contributed by atoms with van der Waals surface area (Å²) < 4.78 is 27.0. The van der Waals surface area contributed by atoms with Gasteiger partial charge in [-0.3, -0.25) is 0 Å². The Labute approximate surface area is 128 Å². The maximum atomic E-state index is 12.7. The number of hydrogen-bond acceptors (Lipinski definition) is 3. The maximum Gasteiger partial charge on any atom is 0.214 e. The zero-order chi connectivity index (χ0) is 15.5. The van der Waals surface area contributed by atoms with E-state index in [2.05, 4.69) is 0 Å². The second-order valence-electron chi connectivity index (χ2n) is 6.19. The second-order valence-corrected chi connectivity index (χ2v) is 8.24. The van der Waals surface area contributed by atoms with Crippen LogP contribution in [0.15, 0.2) is 30.3 Å². The van der Waals surface area contributed by atoms with Crippen LogP contribution in [-0.4, -0.2) is 37.6 Å². The molecule has 118 valence electrons. The van der Waals surface area contributed by atoms with Crippen molar-refractivity contribution in [2.45, 2.75) is 44.1 Å². The van der Waals surface area contributed by atoms with Crippen molar-refractivity contribution in [2.24, 2.45) is 5.73 Å². The predicted molar refractivity (Wildman–Crippen MR) is 86.7 cm³/mol. The third-order valence-corrected chi connectivity index (χ3v) is 6.97. The molecule has 0 radical (unpaired) electrons. The predicted octanol–water partition coefficient (Wildman–Crippen LogP) is 2.32. The highest BCUT2D eigenvalue weighted by molar-refractivity contribution is 7.89. The van der Waals surface area contributed by atoms with Gasteiger partial charge < -0.3 is 5.73 Å². The zero-order valence-corrected chi connectivity index (χ0v) is 13.8. The summed E-state index contributed by atoms with van der Waals surface area (Å²) in [4.78, 5) is 0. The average Bonchev–Trinajstić information content (AvgIpc) is 2.97. The molecule has 0 heterocycles. The fraction of sp³-hybridized carbons (Fsp3) is 0.625. The Bertz CT molecular complexity index is 551. The summed E-state index contributed by atoms with van der Waals surface area (Å²) in [7, 11) is -1.61. The van der Waals surface area contributed by atoms with Gasteiger partial charge in [0.2, 0.25) is 10.0 Å². The van der Waals surface area contributed by atoms with Crippen LogP contribution >= 0.6 is 0 Å². The standard InChI is InChI=1S/C16H26N2O2S/c1-14(15-8-4-3-5-9-15)12-21(19,20)18(2)16(13-17)10-6-7-11-16/h3-5,8-9,14H,6-7,10-13,17H2,1-2H3. The van der Waals surface area contributed by atoms with Crippen LogP contribution in [0.4, 0.5) is 0 Å². The van der Waals surface area contributed by atoms with Gasteiger partial charge in [0.1, 0.15) is 0 Å². The molecule has 1 aliphatic rings. The Kier molecular flexibility index (Phi) is 5.07. The highest BCUT2D eigenvalue weighted by Gasteiger charge is 2.42. The van der Waals surface area contributed by atoms with Crippen LogP contribution in [0.5, 0.6) is 0 Å². The SMILES string of the molecule is CC(CS(=O)(=O)N(C)C1(CN)CCCC1)c1ccccc1. The molecule has 2 rings (SSSR count). The summed E-state index contributed by atoms with van der Waals surface area (Å²) in [5.74, 6) is 0.116. The van der Waals surface area contributed by atoms with Crippen LogP contribution < -0.4 is 5.73 Å². The summed E-state index contributed by atoms with van der Waals surface area (Å²) in [6, 6.07) is 9.79. The molecule has 0 spiro atoms. The third kappa shape index (κ3) is 3.47. The van der Waals surface area contributed by atoms with E-state index in [0.717, 1.165) is 31.2 Å². The highest BCUT2D eigenvalue weighted by atomic mass is 32.2. The van der Waals surface area contributed by atoms with E-state index in [-0.39, 0.29) is 17.2 Å². The van der Waals surface area contributed by atoms with Crippen molar-refractivity contribution >= 4 is 10.0 Å². The topological polar surface area (TPSA) is 63.4 Å². The molecule has 2 N–H and O–H groups in total. The molecule has 0 aromatic heterocycles. The third-order valence-electron chi connectivity index (χ3n) is 4.83. The molecular formula is C16H26N2O2S. The molecule has 0 amide bonds. The molecule has 0 saturated heterocycles. The fourth-order valence-electron chi connectivity index (χ4n) is 3.28. The number of nitrogens with zero attached hydrogens (tertiary/aromatic N) is 1. The maximum absolute atomic E-state index is 12.7. The first-order valence-corrected chi connectivity index (χ1v) is 9.24. The quantitative estimate of drug-likeness (QED) is 0.877. The molecule has 1 fully saturated rings. The van der Waals surface area contributed by atoms with Crippen LogP contribution in [0, 0.1) is 0 Å². The van der Waals surface area contributed by atoms with Gasteiger partial charge in [-0.2, -0.15) is 4.31 Å². The number of benzene rings is 1. The van der Waals surface area contributed by atoms with Crippen LogP contribution in [0.1, 0.15) is 44.1 Å². The molecule has 1 aliphatic carbocycles. The number of sulfonamides is 1. The van der Waals surface area contributed by atoms with Crippen LogP contribution in [0.25, 0.3) is 0 Å². The monoisotopic (exact) mass is 310 g/mol. The van der Waals surface area contributed by atoms with Gasteiger partial charge in [0.05, 0.1) is 5.75 Å². The van der Waals surface area contributed by atoms with Gasteiger partial charge in [0, 0.05) is 19.1 Å². The summed E-state index contributed by atoms with van der Waals surface area (Å²) >= 11 is 0. The molecule has 1 aromatic rings. The molecule has 1 atom stereocenters. The lowest BCUT2D eigenvalue weighted by Crippen LogP contribution is -2.53. The van der Waals surface area contributed by atoms with Crippen molar-refractivity contribution in [3.05, 3.63) is 35.9 Å². The van der Waals surface area contributed by atoms with Gasteiger partial charge >= 0.3 is 0 Å². The summed E-state index contributed by atoms with van der Waals surface area (Å²) in [5.41, 5.74) is 6.59. The first-order valence-electron chi connectivity index (χ1n) is 7.63. The summed E-state index contributed by atoms with van der Waals surface area (Å²) in [5, 5.41) is 0. The lowest BCUT2D eigenvalue weighted by Gasteiger charge is -2.37. The van der Waals surface area contributed by atoms with Crippen LogP contribution in [-0.2, 0) is 10.0 Å². The van der Waals surface area contributed by atoms with Gasteiger partial charge in [-0.15, -0.1) is 0 Å². The van der Waals surface area contributed by atoms with Crippen molar-refractivity contribution < 1.29 is 8.42 Å². The molecule has 0 bridgehead atoms. The molecule has 1 unspecified atom stereocenters. The molecule has 1 aromatic carbocycles. The van der Waals surface area contributed by atoms with Crippen LogP contribution in [0.3, 0.4) is 0 Å². The van der Waals surface area contributed by atoms with E-state index in [9.17, 15) is 8.42 Å². The first kappa shape index (κ1) is 16.5. The van der Waals surface area contributed by atoms with Gasteiger partial charge in [-0.1, -0.05) is 50.1 Å². The van der Waals surface area contributed by atoms with E-state index < -0.39 is 10.0 Å². The molecular weight excluding hydrogens is 284 g/mol.